The number of aryl methyl sites for hydroxylation is 1. The maximum absolute atomic E-state index is 12.9. The second-order valence-corrected chi connectivity index (χ2v) is 7.13. The van der Waals surface area contributed by atoms with Gasteiger partial charge in [0.25, 0.3) is 0 Å². The maximum Gasteiger partial charge on any atom is 0.316 e. The average Bonchev–Trinajstić information content (AvgIpc) is 3.37. The van der Waals surface area contributed by atoms with Crippen molar-refractivity contribution in [2.75, 3.05) is 0 Å². The number of nitrogens with zero attached hydrogens (tertiary/aromatic N) is 3. The lowest BCUT2D eigenvalue weighted by Gasteiger charge is -2.02. The number of amides is 1. The van der Waals surface area contributed by atoms with Crippen molar-refractivity contribution in [2.45, 2.75) is 13.5 Å². The first-order chi connectivity index (χ1) is 13.6. The summed E-state index contributed by atoms with van der Waals surface area (Å²) < 4.78 is 18.0. The van der Waals surface area contributed by atoms with Gasteiger partial charge in [-0.3, -0.25) is 4.79 Å². The van der Waals surface area contributed by atoms with E-state index < -0.39 is 5.91 Å². The van der Waals surface area contributed by atoms with E-state index in [1.54, 1.807) is 23.5 Å². The molecule has 0 aliphatic carbocycles. The van der Waals surface area contributed by atoms with Crippen LogP contribution in [0.2, 0.25) is 0 Å². The number of hydrogen-bond donors (Lipinski definition) is 1. The molecule has 1 N–H and O–H groups in total. The molecule has 6 nitrogen and oxygen atoms in total. The molecule has 0 fully saturated rings. The van der Waals surface area contributed by atoms with Crippen LogP contribution in [-0.4, -0.2) is 21.0 Å². The monoisotopic (exact) mass is 394 g/mol. The lowest BCUT2D eigenvalue weighted by molar-refractivity contribution is 0.0907. The Balaban J connectivity index is 1.48. The van der Waals surface area contributed by atoms with E-state index in [1.807, 2.05) is 36.6 Å². The number of benzene rings is 2. The van der Waals surface area contributed by atoms with Gasteiger partial charge in [0.15, 0.2) is 0 Å². The van der Waals surface area contributed by atoms with Crippen LogP contribution < -0.4 is 5.32 Å². The minimum Gasteiger partial charge on any atom is -0.344 e. The lowest BCUT2D eigenvalue weighted by Crippen LogP contribution is -2.23. The van der Waals surface area contributed by atoms with E-state index >= 15 is 0 Å². The van der Waals surface area contributed by atoms with Crippen molar-refractivity contribution in [3.63, 3.8) is 0 Å². The zero-order valence-corrected chi connectivity index (χ0v) is 15.7. The summed E-state index contributed by atoms with van der Waals surface area (Å²) >= 11 is 1.58. The maximum atomic E-state index is 12.9. The van der Waals surface area contributed by atoms with Crippen LogP contribution in [0.25, 0.3) is 22.6 Å². The second kappa shape index (κ2) is 7.69. The average molecular weight is 394 g/mol. The quantitative estimate of drug-likeness (QED) is 0.548. The van der Waals surface area contributed by atoms with Crippen molar-refractivity contribution in [3.05, 3.63) is 76.2 Å². The fraction of sp³-hybridized carbons (Fsp3) is 0.100. The summed E-state index contributed by atoms with van der Waals surface area (Å²) in [5.74, 6) is -0.631. The van der Waals surface area contributed by atoms with Gasteiger partial charge in [-0.05, 0) is 30.7 Å². The van der Waals surface area contributed by atoms with Crippen molar-refractivity contribution < 1.29 is 13.7 Å². The van der Waals surface area contributed by atoms with Gasteiger partial charge in [-0.2, -0.15) is 4.98 Å². The van der Waals surface area contributed by atoms with Crippen LogP contribution in [-0.2, 0) is 6.54 Å². The van der Waals surface area contributed by atoms with E-state index in [0.29, 0.717) is 5.82 Å². The molecule has 140 valence electrons. The Labute approximate surface area is 164 Å². The van der Waals surface area contributed by atoms with Crippen LogP contribution in [0.3, 0.4) is 0 Å². The fourth-order valence-electron chi connectivity index (χ4n) is 2.61. The van der Waals surface area contributed by atoms with E-state index in [4.69, 9.17) is 4.52 Å². The molecule has 0 saturated heterocycles. The summed E-state index contributed by atoms with van der Waals surface area (Å²) in [7, 11) is 0. The minimum absolute atomic E-state index is 0.132. The van der Waals surface area contributed by atoms with Gasteiger partial charge in [0.05, 0.1) is 10.7 Å². The highest BCUT2D eigenvalue weighted by molar-refractivity contribution is 7.09. The van der Waals surface area contributed by atoms with Gasteiger partial charge in [0, 0.05) is 23.1 Å². The Morgan fingerprint density at radius 1 is 1.14 bits per heavy atom. The number of halogens is 1. The number of thiazole rings is 1. The first kappa shape index (κ1) is 18.0. The van der Waals surface area contributed by atoms with E-state index in [0.717, 1.165) is 27.4 Å². The van der Waals surface area contributed by atoms with Crippen LogP contribution >= 0.6 is 11.3 Å². The molecular formula is C20H15FN4O2S. The number of carbonyl (C=O) groups excluding carboxylic acids is 1. The highest BCUT2D eigenvalue weighted by Crippen LogP contribution is 2.26. The van der Waals surface area contributed by atoms with Crippen LogP contribution in [0.4, 0.5) is 4.39 Å². The molecule has 0 bridgehead atoms. The van der Waals surface area contributed by atoms with Gasteiger partial charge in [-0.15, -0.1) is 11.3 Å². The highest BCUT2D eigenvalue weighted by atomic mass is 32.1. The van der Waals surface area contributed by atoms with Crippen molar-refractivity contribution in [2.24, 2.45) is 0 Å². The third-order valence-corrected chi connectivity index (χ3v) is 4.80. The zero-order valence-electron chi connectivity index (χ0n) is 14.8. The van der Waals surface area contributed by atoms with E-state index in [9.17, 15) is 9.18 Å². The molecule has 1 amide bonds. The highest BCUT2D eigenvalue weighted by Gasteiger charge is 2.16. The first-order valence-corrected chi connectivity index (χ1v) is 9.36. The van der Waals surface area contributed by atoms with Crippen LogP contribution in [0, 0.1) is 12.7 Å². The Hall–Kier alpha value is -3.39. The van der Waals surface area contributed by atoms with Crippen molar-refractivity contribution in [1.29, 1.82) is 0 Å². The van der Waals surface area contributed by atoms with E-state index in [1.165, 1.54) is 12.1 Å². The zero-order chi connectivity index (χ0) is 19.5. The van der Waals surface area contributed by atoms with Crippen LogP contribution in [0.15, 0.2) is 58.4 Å². The third kappa shape index (κ3) is 3.96. The van der Waals surface area contributed by atoms with Gasteiger partial charge >= 0.3 is 11.8 Å². The minimum atomic E-state index is -0.491. The fourth-order valence-corrected chi connectivity index (χ4v) is 3.23. The van der Waals surface area contributed by atoms with Gasteiger partial charge in [-0.1, -0.05) is 35.5 Å². The Kier molecular flexibility index (Phi) is 4.94. The van der Waals surface area contributed by atoms with E-state index in [-0.39, 0.29) is 18.3 Å². The Morgan fingerprint density at radius 3 is 2.68 bits per heavy atom. The third-order valence-electron chi connectivity index (χ3n) is 4.02. The smallest absolute Gasteiger partial charge is 0.316 e. The lowest BCUT2D eigenvalue weighted by atomic mass is 10.1. The summed E-state index contributed by atoms with van der Waals surface area (Å²) in [6.45, 7) is 2.18. The SMILES string of the molecule is Cc1nc(-c2cccc(-c3noc(C(=O)NCc4ccc(F)cc4)n3)c2)cs1. The van der Waals surface area contributed by atoms with Crippen LogP contribution in [0.1, 0.15) is 21.3 Å². The van der Waals surface area contributed by atoms with Crippen molar-refractivity contribution >= 4 is 17.2 Å². The summed E-state index contributed by atoms with van der Waals surface area (Å²) in [4.78, 5) is 20.9. The molecule has 8 heteroatoms. The van der Waals surface area contributed by atoms with Crippen molar-refractivity contribution in [3.8, 4) is 22.6 Å². The van der Waals surface area contributed by atoms with Crippen molar-refractivity contribution in [1.82, 2.24) is 20.4 Å². The van der Waals surface area contributed by atoms with E-state index in [2.05, 4.69) is 20.4 Å². The Morgan fingerprint density at radius 2 is 1.93 bits per heavy atom. The molecule has 0 aliphatic heterocycles. The summed E-state index contributed by atoms with van der Waals surface area (Å²) in [6.07, 6.45) is 0. The molecule has 0 unspecified atom stereocenters. The standard InChI is InChI=1S/C20H15FN4O2S/c1-12-23-17(11-28-12)14-3-2-4-15(9-14)18-24-20(27-25-18)19(26)22-10-13-5-7-16(21)8-6-13/h2-9,11H,10H2,1H3,(H,22,26). The molecular weight excluding hydrogens is 379 g/mol. The molecule has 0 spiro atoms. The molecule has 0 atom stereocenters. The number of rotatable bonds is 5. The molecule has 0 saturated carbocycles. The molecule has 0 radical (unpaired) electrons. The first-order valence-electron chi connectivity index (χ1n) is 8.48. The summed E-state index contributed by atoms with van der Waals surface area (Å²) in [5.41, 5.74) is 3.31. The van der Waals surface area contributed by atoms with Gasteiger partial charge in [0.2, 0.25) is 5.82 Å². The number of nitrogens with one attached hydrogen (secondary N) is 1. The molecule has 4 rings (SSSR count). The topological polar surface area (TPSA) is 80.9 Å². The number of carbonyl (C=O) groups is 1. The molecule has 0 aliphatic rings. The van der Waals surface area contributed by atoms with Gasteiger partial charge in [-0.25, -0.2) is 9.37 Å². The van der Waals surface area contributed by atoms with Crippen LogP contribution in [0.5, 0.6) is 0 Å². The largest absolute Gasteiger partial charge is 0.344 e. The molecule has 2 aromatic carbocycles. The molecule has 2 aromatic heterocycles. The summed E-state index contributed by atoms with van der Waals surface area (Å²) in [5, 5.41) is 9.54. The number of hydrogen-bond acceptors (Lipinski definition) is 6. The molecule has 28 heavy (non-hydrogen) atoms. The number of aromatic nitrogens is 3. The normalized spacial score (nSPS) is 10.8. The molecule has 2 heterocycles. The predicted molar refractivity (Wildman–Crippen MR) is 103 cm³/mol. The summed E-state index contributed by atoms with van der Waals surface area (Å²) in [6, 6.07) is 13.4. The van der Waals surface area contributed by atoms with Gasteiger partial charge in [0.1, 0.15) is 5.82 Å². The predicted octanol–water partition coefficient (Wildman–Crippen LogP) is 4.24. The Bertz CT molecular complexity index is 1120. The molecule has 4 aromatic rings. The second-order valence-electron chi connectivity index (χ2n) is 6.06. The van der Waals surface area contributed by atoms with Gasteiger partial charge < -0.3 is 9.84 Å².